The van der Waals surface area contributed by atoms with Crippen molar-refractivity contribution >= 4 is 6.03 Å². The fourth-order valence-corrected chi connectivity index (χ4v) is 2.21. The molecule has 0 spiro atoms. The first-order valence-corrected chi connectivity index (χ1v) is 5.90. The summed E-state index contributed by atoms with van der Waals surface area (Å²) in [7, 11) is 1.82. The molecule has 2 N–H and O–H groups in total. The molecular formula is C13H19N3O. The fourth-order valence-electron chi connectivity index (χ4n) is 2.21. The van der Waals surface area contributed by atoms with E-state index in [9.17, 15) is 4.79 Å². The smallest absolute Gasteiger partial charge is 0.319 e. The first kappa shape index (κ1) is 11.9. The molecule has 1 aromatic rings. The Labute approximate surface area is 102 Å². The number of carbonyl (C=O) groups is 1. The van der Waals surface area contributed by atoms with Crippen molar-refractivity contribution < 1.29 is 4.79 Å². The molecule has 1 unspecified atom stereocenters. The third-order valence-electron chi connectivity index (χ3n) is 3.31. The van der Waals surface area contributed by atoms with Crippen LogP contribution in [-0.2, 0) is 0 Å². The van der Waals surface area contributed by atoms with Crippen LogP contribution in [0, 0.1) is 6.92 Å². The predicted molar refractivity (Wildman–Crippen MR) is 67.7 cm³/mol. The highest BCUT2D eigenvalue weighted by Crippen LogP contribution is 2.18. The number of hydrogen-bond acceptors (Lipinski definition) is 2. The van der Waals surface area contributed by atoms with Gasteiger partial charge in [-0.1, -0.05) is 24.3 Å². The Kier molecular flexibility index (Phi) is 3.33. The minimum Gasteiger partial charge on any atom is -0.326 e. The lowest BCUT2D eigenvalue weighted by Gasteiger charge is -2.22. The first-order valence-electron chi connectivity index (χ1n) is 5.90. The third-order valence-corrected chi connectivity index (χ3v) is 3.31. The Bertz CT molecular complexity index is 419. The van der Waals surface area contributed by atoms with Crippen LogP contribution in [0.15, 0.2) is 24.3 Å². The number of benzene rings is 1. The van der Waals surface area contributed by atoms with E-state index in [0.29, 0.717) is 6.54 Å². The van der Waals surface area contributed by atoms with E-state index >= 15 is 0 Å². The largest absolute Gasteiger partial charge is 0.326 e. The van der Waals surface area contributed by atoms with Crippen LogP contribution in [0.25, 0.3) is 0 Å². The van der Waals surface area contributed by atoms with Gasteiger partial charge in [-0.25, -0.2) is 4.79 Å². The fraction of sp³-hybridized carbons (Fsp3) is 0.462. The molecule has 17 heavy (non-hydrogen) atoms. The van der Waals surface area contributed by atoms with Crippen LogP contribution in [-0.4, -0.2) is 42.5 Å². The summed E-state index contributed by atoms with van der Waals surface area (Å²) in [6, 6.07) is 8.04. The van der Waals surface area contributed by atoms with Crippen LogP contribution >= 0.6 is 0 Å². The highest BCUT2D eigenvalue weighted by Gasteiger charge is 2.27. The average Bonchev–Trinajstić information content (AvgIpc) is 2.61. The predicted octanol–water partition coefficient (Wildman–Crippen LogP) is 1.36. The Morgan fingerprint density at radius 3 is 2.65 bits per heavy atom. The molecule has 0 aromatic heterocycles. The number of nitrogens with two attached hydrogens (primary N) is 1. The van der Waals surface area contributed by atoms with Crippen molar-refractivity contribution in [2.24, 2.45) is 5.73 Å². The lowest BCUT2D eigenvalue weighted by atomic mass is 10.0. The zero-order chi connectivity index (χ0) is 12.4. The van der Waals surface area contributed by atoms with Crippen LogP contribution in [0.3, 0.4) is 0 Å². The summed E-state index contributed by atoms with van der Waals surface area (Å²) >= 11 is 0. The molecule has 2 amide bonds. The maximum atomic E-state index is 11.8. The van der Waals surface area contributed by atoms with Gasteiger partial charge in [0, 0.05) is 32.7 Å². The molecule has 1 aliphatic rings. The molecule has 1 aliphatic heterocycles. The van der Waals surface area contributed by atoms with E-state index in [1.54, 1.807) is 4.90 Å². The van der Waals surface area contributed by atoms with Gasteiger partial charge in [0.2, 0.25) is 0 Å². The van der Waals surface area contributed by atoms with Gasteiger partial charge in [-0.05, 0) is 18.1 Å². The molecule has 0 saturated carbocycles. The Hall–Kier alpha value is -1.55. The molecular weight excluding hydrogens is 214 g/mol. The van der Waals surface area contributed by atoms with Crippen molar-refractivity contribution in [2.45, 2.75) is 13.0 Å². The van der Waals surface area contributed by atoms with Crippen LogP contribution in [0.1, 0.15) is 17.2 Å². The number of rotatable bonds is 3. The van der Waals surface area contributed by atoms with Crippen LogP contribution < -0.4 is 5.73 Å². The topological polar surface area (TPSA) is 49.6 Å². The Balaban J connectivity index is 2.05. The summed E-state index contributed by atoms with van der Waals surface area (Å²) in [5.74, 6) is 0. The minimum atomic E-state index is -0.105. The van der Waals surface area contributed by atoms with Gasteiger partial charge in [-0.2, -0.15) is 0 Å². The van der Waals surface area contributed by atoms with Crippen molar-refractivity contribution in [3.8, 4) is 0 Å². The monoisotopic (exact) mass is 233 g/mol. The molecule has 0 radical (unpaired) electrons. The van der Waals surface area contributed by atoms with Crippen molar-refractivity contribution in [2.75, 3.05) is 26.7 Å². The maximum Gasteiger partial charge on any atom is 0.319 e. The van der Waals surface area contributed by atoms with Crippen molar-refractivity contribution in [1.82, 2.24) is 9.80 Å². The van der Waals surface area contributed by atoms with Gasteiger partial charge in [-0.3, -0.25) is 0 Å². The average molecular weight is 233 g/mol. The van der Waals surface area contributed by atoms with Gasteiger partial charge < -0.3 is 15.5 Å². The number of hydrogen-bond donors (Lipinski definition) is 1. The summed E-state index contributed by atoms with van der Waals surface area (Å²) in [5.41, 5.74) is 8.47. The number of carbonyl (C=O) groups excluding carboxylic acids is 1. The molecule has 92 valence electrons. The van der Waals surface area contributed by atoms with E-state index in [-0.39, 0.29) is 12.1 Å². The van der Waals surface area contributed by atoms with E-state index in [1.807, 2.05) is 43.1 Å². The minimum absolute atomic E-state index is 0.0778. The van der Waals surface area contributed by atoms with E-state index in [1.165, 1.54) is 5.56 Å². The Morgan fingerprint density at radius 1 is 1.35 bits per heavy atom. The van der Waals surface area contributed by atoms with E-state index in [0.717, 1.165) is 18.7 Å². The van der Waals surface area contributed by atoms with Gasteiger partial charge in [0.1, 0.15) is 0 Å². The highest BCUT2D eigenvalue weighted by atomic mass is 16.2. The third kappa shape index (κ3) is 2.42. The van der Waals surface area contributed by atoms with Crippen LogP contribution in [0.2, 0.25) is 0 Å². The second-order valence-electron chi connectivity index (χ2n) is 4.61. The summed E-state index contributed by atoms with van der Waals surface area (Å²) in [5, 5.41) is 0. The van der Waals surface area contributed by atoms with Gasteiger partial charge in [0.15, 0.2) is 0 Å². The van der Waals surface area contributed by atoms with Crippen molar-refractivity contribution in [3.63, 3.8) is 0 Å². The molecule has 2 rings (SSSR count). The van der Waals surface area contributed by atoms with E-state index in [4.69, 9.17) is 5.73 Å². The second-order valence-corrected chi connectivity index (χ2v) is 4.61. The van der Waals surface area contributed by atoms with Gasteiger partial charge in [0.25, 0.3) is 0 Å². The molecule has 0 aliphatic carbocycles. The molecule has 4 heteroatoms. The maximum absolute atomic E-state index is 11.8. The first-order chi connectivity index (χ1) is 8.09. The zero-order valence-electron chi connectivity index (χ0n) is 10.4. The van der Waals surface area contributed by atoms with Crippen molar-refractivity contribution in [3.05, 3.63) is 35.4 Å². The summed E-state index contributed by atoms with van der Waals surface area (Å²) in [4.78, 5) is 15.3. The van der Waals surface area contributed by atoms with E-state index in [2.05, 4.69) is 0 Å². The number of amides is 2. The number of aryl methyl sites for hydroxylation is 1. The number of nitrogens with zero attached hydrogens (tertiary/aromatic N) is 2. The lowest BCUT2D eigenvalue weighted by Crippen LogP contribution is -2.35. The van der Waals surface area contributed by atoms with Crippen molar-refractivity contribution in [1.29, 1.82) is 0 Å². The molecule has 1 saturated heterocycles. The lowest BCUT2D eigenvalue weighted by molar-refractivity contribution is 0.196. The summed E-state index contributed by atoms with van der Waals surface area (Å²) in [6.07, 6.45) is 0. The van der Waals surface area contributed by atoms with Crippen LogP contribution in [0.4, 0.5) is 4.79 Å². The molecule has 1 fully saturated rings. The standard InChI is InChI=1S/C13H19N3O/c1-10-5-3-4-6-11(10)12(14)9-16-8-7-15(2)13(16)17/h3-6,12H,7-9,14H2,1-2H3. The highest BCUT2D eigenvalue weighted by molar-refractivity contribution is 5.76. The molecule has 1 heterocycles. The normalized spacial score (nSPS) is 17.7. The molecule has 0 bridgehead atoms. The number of urea groups is 1. The summed E-state index contributed by atoms with van der Waals surface area (Å²) < 4.78 is 0. The second kappa shape index (κ2) is 4.75. The zero-order valence-corrected chi connectivity index (χ0v) is 10.4. The van der Waals surface area contributed by atoms with E-state index < -0.39 is 0 Å². The summed E-state index contributed by atoms with van der Waals surface area (Å²) in [6.45, 7) is 4.20. The van der Waals surface area contributed by atoms with Gasteiger partial charge >= 0.3 is 6.03 Å². The van der Waals surface area contributed by atoms with Gasteiger partial charge in [-0.15, -0.1) is 0 Å². The quantitative estimate of drug-likeness (QED) is 0.857. The van der Waals surface area contributed by atoms with Crippen LogP contribution in [0.5, 0.6) is 0 Å². The molecule has 1 aromatic carbocycles. The SMILES string of the molecule is Cc1ccccc1C(N)CN1CCN(C)C1=O. The molecule has 1 atom stereocenters. The molecule has 4 nitrogen and oxygen atoms in total. The Morgan fingerprint density at radius 2 is 2.06 bits per heavy atom. The number of likely N-dealkylation sites (N-methyl/N-ethyl adjacent to an activating group) is 1. The van der Waals surface area contributed by atoms with Gasteiger partial charge in [0.05, 0.1) is 0 Å².